The highest BCUT2D eigenvalue weighted by Crippen LogP contribution is 2.25. The molecule has 0 aliphatic heterocycles. The molecule has 1 aliphatic rings. The number of benzene rings is 2. The highest BCUT2D eigenvalue weighted by molar-refractivity contribution is 6.04. The lowest BCUT2D eigenvalue weighted by molar-refractivity contribution is -0.114. The Morgan fingerprint density at radius 2 is 1.85 bits per heavy atom. The maximum atomic E-state index is 12.2. The first-order valence-corrected chi connectivity index (χ1v) is 9.02. The van der Waals surface area contributed by atoms with Crippen molar-refractivity contribution in [2.75, 3.05) is 17.2 Å². The molecule has 136 valence electrons. The molecule has 2 N–H and O–H groups in total. The van der Waals surface area contributed by atoms with E-state index in [1.165, 1.54) is 19.8 Å². The van der Waals surface area contributed by atoms with Crippen LogP contribution in [0.5, 0.6) is 5.75 Å². The minimum Gasteiger partial charge on any atom is -0.490 e. The van der Waals surface area contributed by atoms with Crippen LogP contribution in [0.1, 0.15) is 43.0 Å². The molecule has 1 saturated carbocycles. The SMILES string of the molecule is CC(=O)c1ccccc1NC(=O)CNc1cccc(OC2CCCC2)c1. The third-order valence-corrected chi connectivity index (χ3v) is 4.47. The van der Waals surface area contributed by atoms with Crippen molar-refractivity contribution in [3.63, 3.8) is 0 Å². The third kappa shape index (κ3) is 4.85. The second kappa shape index (κ2) is 8.52. The predicted octanol–water partition coefficient (Wildman–Crippen LogP) is 4.26. The average molecular weight is 352 g/mol. The molecule has 1 amide bonds. The molecule has 0 bridgehead atoms. The van der Waals surface area contributed by atoms with Crippen molar-refractivity contribution >= 4 is 23.1 Å². The van der Waals surface area contributed by atoms with Gasteiger partial charge in [-0.1, -0.05) is 18.2 Å². The Balaban J connectivity index is 1.55. The lowest BCUT2D eigenvalue weighted by Crippen LogP contribution is -2.22. The van der Waals surface area contributed by atoms with Crippen LogP contribution in [0.3, 0.4) is 0 Å². The van der Waals surface area contributed by atoms with Crippen LogP contribution in [0.4, 0.5) is 11.4 Å². The van der Waals surface area contributed by atoms with Crippen molar-refractivity contribution in [1.29, 1.82) is 0 Å². The van der Waals surface area contributed by atoms with Crippen molar-refractivity contribution in [2.24, 2.45) is 0 Å². The Morgan fingerprint density at radius 1 is 1.08 bits per heavy atom. The van der Waals surface area contributed by atoms with E-state index >= 15 is 0 Å². The molecule has 0 atom stereocenters. The van der Waals surface area contributed by atoms with E-state index < -0.39 is 0 Å². The fraction of sp³-hybridized carbons (Fsp3) is 0.333. The lowest BCUT2D eigenvalue weighted by Gasteiger charge is -2.14. The van der Waals surface area contributed by atoms with Crippen molar-refractivity contribution < 1.29 is 14.3 Å². The second-order valence-electron chi connectivity index (χ2n) is 6.56. The van der Waals surface area contributed by atoms with E-state index in [1.54, 1.807) is 24.3 Å². The number of nitrogens with one attached hydrogen (secondary N) is 2. The van der Waals surface area contributed by atoms with E-state index in [2.05, 4.69) is 10.6 Å². The number of anilines is 2. The number of carbonyl (C=O) groups is 2. The summed E-state index contributed by atoms with van der Waals surface area (Å²) in [7, 11) is 0. The molecule has 1 fully saturated rings. The number of ether oxygens (including phenoxy) is 1. The van der Waals surface area contributed by atoms with Gasteiger partial charge in [0.15, 0.2) is 5.78 Å². The van der Waals surface area contributed by atoms with Gasteiger partial charge in [-0.05, 0) is 56.9 Å². The summed E-state index contributed by atoms with van der Waals surface area (Å²) < 4.78 is 5.98. The van der Waals surface area contributed by atoms with Gasteiger partial charge < -0.3 is 15.4 Å². The average Bonchev–Trinajstić information content (AvgIpc) is 3.13. The topological polar surface area (TPSA) is 67.4 Å². The van der Waals surface area contributed by atoms with E-state index in [0.717, 1.165) is 24.3 Å². The molecule has 0 saturated heterocycles. The first kappa shape index (κ1) is 18.0. The Morgan fingerprint density at radius 3 is 2.62 bits per heavy atom. The molecule has 26 heavy (non-hydrogen) atoms. The van der Waals surface area contributed by atoms with Gasteiger partial charge in [-0.25, -0.2) is 0 Å². The Bertz CT molecular complexity index is 782. The number of Topliss-reactive ketones (excluding diaryl/α,β-unsaturated/α-hetero) is 1. The summed E-state index contributed by atoms with van der Waals surface area (Å²) in [6, 6.07) is 14.7. The van der Waals surface area contributed by atoms with Crippen LogP contribution in [0.2, 0.25) is 0 Å². The van der Waals surface area contributed by atoms with Crippen LogP contribution < -0.4 is 15.4 Å². The van der Waals surface area contributed by atoms with E-state index in [0.29, 0.717) is 17.4 Å². The molecule has 0 radical (unpaired) electrons. The van der Waals surface area contributed by atoms with Crippen LogP contribution >= 0.6 is 0 Å². The van der Waals surface area contributed by atoms with E-state index in [-0.39, 0.29) is 18.2 Å². The highest BCUT2D eigenvalue weighted by atomic mass is 16.5. The standard InChI is InChI=1S/C21H24N2O3/c1-15(24)19-11-4-5-12-20(19)23-21(25)14-22-16-7-6-10-18(13-16)26-17-8-2-3-9-17/h4-7,10-13,17,22H,2-3,8-9,14H2,1H3,(H,23,25). The largest absolute Gasteiger partial charge is 0.490 e. The Hall–Kier alpha value is -2.82. The van der Waals surface area contributed by atoms with Gasteiger partial charge in [0.2, 0.25) is 5.91 Å². The molecule has 0 spiro atoms. The van der Waals surface area contributed by atoms with Crippen molar-refractivity contribution in [2.45, 2.75) is 38.7 Å². The van der Waals surface area contributed by atoms with E-state index in [4.69, 9.17) is 4.74 Å². The lowest BCUT2D eigenvalue weighted by atomic mass is 10.1. The summed E-state index contributed by atoms with van der Waals surface area (Å²) in [5.41, 5.74) is 1.87. The smallest absolute Gasteiger partial charge is 0.243 e. The zero-order chi connectivity index (χ0) is 18.4. The van der Waals surface area contributed by atoms with Gasteiger partial charge in [0.05, 0.1) is 18.3 Å². The number of amides is 1. The number of hydrogen-bond acceptors (Lipinski definition) is 4. The van der Waals surface area contributed by atoms with Crippen molar-refractivity contribution in [1.82, 2.24) is 0 Å². The molecule has 0 heterocycles. The van der Waals surface area contributed by atoms with Gasteiger partial charge in [-0.15, -0.1) is 0 Å². The molecule has 0 aromatic heterocycles. The fourth-order valence-electron chi connectivity index (χ4n) is 3.15. The van der Waals surface area contributed by atoms with Gasteiger partial charge in [0.1, 0.15) is 5.75 Å². The number of para-hydroxylation sites is 1. The Labute approximate surface area is 153 Å². The summed E-state index contributed by atoms with van der Waals surface area (Å²) in [6.07, 6.45) is 4.97. The van der Waals surface area contributed by atoms with Crippen LogP contribution in [-0.4, -0.2) is 24.3 Å². The van der Waals surface area contributed by atoms with Gasteiger partial charge in [0.25, 0.3) is 0 Å². The molecular weight excluding hydrogens is 328 g/mol. The number of carbonyl (C=O) groups excluding carboxylic acids is 2. The summed E-state index contributed by atoms with van der Waals surface area (Å²) in [5, 5.41) is 5.88. The van der Waals surface area contributed by atoms with Crippen LogP contribution in [0.25, 0.3) is 0 Å². The summed E-state index contributed by atoms with van der Waals surface area (Å²) in [4.78, 5) is 23.8. The number of hydrogen-bond donors (Lipinski definition) is 2. The summed E-state index contributed by atoms with van der Waals surface area (Å²) >= 11 is 0. The first-order chi connectivity index (χ1) is 12.6. The monoisotopic (exact) mass is 352 g/mol. The maximum Gasteiger partial charge on any atom is 0.243 e. The zero-order valence-electron chi connectivity index (χ0n) is 15.0. The van der Waals surface area contributed by atoms with Crippen LogP contribution in [-0.2, 0) is 4.79 Å². The maximum absolute atomic E-state index is 12.2. The molecule has 0 unspecified atom stereocenters. The third-order valence-electron chi connectivity index (χ3n) is 4.47. The van der Waals surface area contributed by atoms with E-state index in [9.17, 15) is 9.59 Å². The van der Waals surface area contributed by atoms with Crippen LogP contribution in [0, 0.1) is 0 Å². The second-order valence-corrected chi connectivity index (χ2v) is 6.56. The fourth-order valence-corrected chi connectivity index (χ4v) is 3.15. The van der Waals surface area contributed by atoms with Gasteiger partial charge in [-0.3, -0.25) is 9.59 Å². The van der Waals surface area contributed by atoms with Gasteiger partial charge in [0, 0.05) is 17.3 Å². The van der Waals surface area contributed by atoms with E-state index in [1.807, 2.05) is 24.3 Å². The zero-order valence-corrected chi connectivity index (χ0v) is 15.0. The quantitative estimate of drug-likeness (QED) is 0.731. The molecule has 5 nitrogen and oxygen atoms in total. The molecular formula is C21H24N2O3. The first-order valence-electron chi connectivity index (χ1n) is 9.02. The molecule has 2 aromatic rings. The molecule has 1 aliphatic carbocycles. The van der Waals surface area contributed by atoms with Gasteiger partial charge in [-0.2, -0.15) is 0 Å². The Kier molecular flexibility index (Phi) is 5.89. The van der Waals surface area contributed by atoms with Crippen molar-refractivity contribution in [3.8, 4) is 5.75 Å². The molecule has 2 aromatic carbocycles. The minimum atomic E-state index is -0.208. The van der Waals surface area contributed by atoms with Gasteiger partial charge >= 0.3 is 0 Å². The molecule has 3 rings (SSSR count). The number of rotatable bonds is 7. The molecule has 5 heteroatoms. The van der Waals surface area contributed by atoms with Crippen molar-refractivity contribution in [3.05, 3.63) is 54.1 Å². The minimum absolute atomic E-state index is 0.0781. The van der Waals surface area contributed by atoms with Crippen LogP contribution in [0.15, 0.2) is 48.5 Å². The summed E-state index contributed by atoms with van der Waals surface area (Å²) in [5.74, 6) is 0.538. The predicted molar refractivity (Wildman–Crippen MR) is 103 cm³/mol. The summed E-state index contributed by atoms with van der Waals surface area (Å²) in [6.45, 7) is 1.60. The number of ketones is 1. The normalized spacial score (nSPS) is 14.0. The highest BCUT2D eigenvalue weighted by Gasteiger charge is 2.16.